The molecule has 0 radical (unpaired) electrons. The Labute approximate surface area is 122 Å². The Balaban J connectivity index is 4.57. The van der Waals surface area contributed by atoms with Crippen LogP contribution in [0.2, 0.25) is 6.32 Å². The first-order valence-corrected chi connectivity index (χ1v) is 7.62. The summed E-state index contributed by atoms with van der Waals surface area (Å²) in [5.41, 5.74) is 4.97. The Bertz CT molecular complexity index is 286. The first kappa shape index (κ1) is 19.4. The van der Waals surface area contributed by atoms with Gasteiger partial charge in [-0.2, -0.15) is 0 Å². The summed E-state index contributed by atoms with van der Waals surface area (Å²) in [6, 6.07) is 0. The summed E-state index contributed by atoms with van der Waals surface area (Å²) in [7, 11) is -1.32. The van der Waals surface area contributed by atoms with Crippen LogP contribution in [0.3, 0.4) is 0 Å². The minimum absolute atomic E-state index is 0.0403. The lowest BCUT2D eigenvalue weighted by molar-refractivity contribution is -0.146. The van der Waals surface area contributed by atoms with E-state index in [-0.39, 0.29) is 12.2 Å². The number of hydrogen-bond acceptors (Lipinski definition) is 4. The molecule has 6 heteroatoms. The summed E-state index contributed by atoms with van der Waals surface area (Å²) in [5, 5.41) is 27.1. The summed E-state index contributed by atoms with van der Waals surface area (Å²) >= 11 is 0. The average molecular weight is 287 g/mol. The third-order valence-electron chi connectivity index (χ3n) is 4.01. The van der Waals surface area contributed by atoms with Crippen LogP contribution in [-0.4, -0.2) is 33.8 Å². The van der Waals surface area contributed by atoms with E-state index in [4.69, 9.17) is 15.8 Å². The zero-order chi connectivity index (χ0) is 15.8. The molecule has 0 aromatic rings. The van der Waals surface area contributed by atoms with Crippen LogP contribution in [0.15, 0.2) is 0 Å². The van der Waals surface area contributed by atoms with Gasteiger partial charge in [0.05, 0.1) is 0 Å². The number of nitrogens with two attached hydrogens (primary N) is 1. The first-order chi connectivity index (χ1) is 9.24. The molecule has 5 N–H and O–H groups in total. The van der Waals surface area contributed by atoms with Gasteiger partial charge >= 0.3 is 13.1 Å². The molecule has 0 aromatic heterocycles. The third kappa shape index (κ3) is 6.73. The van der Waals surface area contributed by atoms with Crippen molar-refractivity contribution < 1.29 is 19.9 Å². The van der Waals surface area contributed by atoms with E-state index in [0.717, 1.165) is 19.3 Å². The minimum atomic E-state index is -1.32. The number of rotatable bonds is 11. The molecule has 0 saturated heterocycles. The maximum absolute atomic E-state index is 11.6. The van der Waals surface area contributed by atoms with Crippen LogP contribution in [0.4, 0.5) is 0 Å². The first-order valence-electron chi connectivity index (χ1n) is 7.62. The summed E-state index contributed by atoms with van der Waals surface area (Å²) < 4.78 is 0. The van der Waals surface area contributed by atoms with Crippen LogP contribution in [0, 0.1) is 11.8 Å². The van der Waals surface area contributed by atoms with Crippen molar-refractivity contribution in [2.24, 2.45) is 17.6 Å². The summed E-state index contributed by atoms with van der Waals surface area (Å²) in [6.07, 6.45) is 4.35. The highest BCUT2D eigenvalue weighted by atomic mass is 16.4. The molecule has 0 rings (SSSR count). The van der Waals surface area contributed by atoms with Crippen molar-refractivity contribution in [1.82, 2.24) is 0 Å². The van der Waals surface area contributed by atoms with Gasteiger partial charge in [-0.25, -0.2) is 0 Å². The van der Waals surface area contributed by atoms with E-state index in [9.17, 15) is 9.90 Å². The zero-order valence-electron chi connectivity index (χ0n) is 13.0. The van der Waals surface area contributed by atoms with Crippen LogP contribution >= 0.6 is 0 Å². The highest BCUT2D eigenvalue weighted by Gasteiger charge is 2.40. The van der Waals surface area contributed by atoms with Gasteiger partial charge in [0.2, 0.25) is 0 Å². The molecular formula is C14H30BNO4. The van der Waals surface area contributed by atoms with Gasteiger partial charge in [0.1, 0.15) is 5.54 Å². The Morgan fingerprint density at radius 1 is 1.25 bits per heavy atom. The molecule has 1 unspecified atom stereocenters. The average Bonchev–Trinajstić information content (AvgIpc) is 2.34. The highest BCUT2D eigenvalue weighted by Crippen LogP contribution is 2.30. The zero-order valence-corrected chi connectivity index (χ0v) is 13.0. The van der Waals surface area contributed by atoms with E-state index in [1.807, 2.05) is 6.92 Å². The Hall–Kier alpha value is -0.585. The van der Waals surface area contributed by atoms with E-state index in [1.54, 1.807) is 0 Å². The fraction of sp³-hybridized carbons (Fsp3) is 0.929. The van der Waals surface area contributed by atoms with E-state index < -0.39 is 18.6 Å². The second kappa shape index (κ2) is 9.37. The van der Waals surface area contributed by atoms with Crippen molar-refractivity contribution in [3.63, 3.8) is 0 Å². The van der Waals surface area contributed by atoms with Crippen molar-refractivity contribution in [3.05, 3.63) is 0 Å². The molecule has 0 aliphatic rings. The summed E-state index contributed by atoms with van der Waals surface area (Å²) in [5.74, 6) is -0.453. The molecule has 118 valence electrons. The summed E-state index contributed by atoms with van der Waals surface area (Å²) in [4.78, 5) is 11.6. The highest BCUT2D eigenvalue weighted by molar-refractivity contribution is 6.40. The molecule has 0 bridgehead atoms. The predicted octanol–water partition coefficient (Wildman–Crippen LogP) is 1.87. The van der Waals surface area contributed by atoms with Crippen LogP contribution < -0.4 is 5.73 Å². The van der Waals surface area contributed by atoms with Crippen LogP contribution in [0.5, 0.6) is 0 Å². The molecule has 0 aliphatic carbocycles. The Kier molecular flexibility index (Phi) is 9.10. The van der Waals surface area contributed by atoms with Gasteiger partial charge < -0.3 is 20.9 Å². The van der Waals surface area contributed by atoms with Gasteiger partial charge in [-0.15, -0.1) is 0 Å². The minimum Gasteiger partial charge on any atom is -0.480 e. The van der Waals surface area contributed by atoms with Gasteiger partial charge in [-0.3, -0.25) is 4.79 Å². The van der Waals surface area contributed by atoms with Crippen LogP contribution in [0.25, 0.3) is 0 Å². The second-order valence-electron chi connectivity index (χ2n) is 6.15. The Morgan fingerprint density at radius 2 is 1.85 bits per heavy atom. The van der Waals surface area contributed by atoms with Gasteiger partial charge in [0, 0.05) is 0 Å². The normalized spacial score (nSPS) is 15.9. The molecule has 0 aliphatic heterocycles. The van der Waals surface area contributed by atoms with Crippen molar-refractivity contribution in [2.75, 3.05) is 0 Å². The second-order valence-corrected chi connectivity index (χ2v) is 6.15. The fourth-order valence-electron chi connectivity index (χ4n) is 2.59. The number of carbonyl (C=O) groups is 1. The largest absolute Gasteiger partial charge is 0.480 e. The lowest BCUT2D eigenvalue weighted by atomic mass is 9.74. The number of aliphatic carboxylic acids is 1. The summed E-state index contributed by atoms with van der Waals surface area (Å²) in [6.45, 7) is 6.22. The molecule has 0 fully saturated rings. The van der Waals surface area contributed by atoms with Crippen molar-refractivity contribution in [2.45, 2.75) is 71.2 Å². The number of hydrogen-bond donors (Lipinski definition) is 4. The van der Waals surface area contributed by atoms with E-state index >= 15 is 0 Å². The smallest absolute Gasteiger partial charge is 0.451 e. The number of carboxylic acids is 1. The van der Waals surface area contributed by atoms with Crippen molar-refractivity contribution in [1.29, 1.82) is 0 Å². The predicted molar refractivity (Wildman–Crippen MR) is 81.3 cm³/mol. The van der Waals surface area contributed by atoms with Crippen molar-refractivity contribution >= 4 is 13.1 Å². The molecule has 0 spiro atoms. The molecular weight excluding hydrogens is 257 g/mol. The van der Waals surface area contributed by atoms with Crippen LogP contribution in [0.1, 0.15) is 59.3 Å². The van der Waals surface area contributed by atoms with Crippen LogP contribution in [-0.2, 0) is 4.79 Å². The van der Waals surface area contributed by atoms with E-state index in [0.29, 0.717) is 25.2 Å². The van der Waals surface area contributed by atoms with Gasteiger partial charge in [-0.1, -0.05) is 46.5 Å². The fourth-order valence-corrected chi connectivity index (χ4v) is 2.59. The van der Waals surface area contributed by atoms with E-state index in [2.05, 4.69) is 13.8 Å². The Morgan fingerprint density at radius 3 is 2.25 bits per heavy atom. The monoisotopic (exact) mass is 287 g/mol. The van der Waals surface area contributed by atoms with Gasteiger partial charge in [0.15, 0.2) is 0 Å². The molecule has 0 heterocycles. The topological polar surface area (TPSA) is 104 Å². The molecule has 2 atom stereocenters. The van der Waals surface area contributed by atoms with Crippen molar-refractivity contribution in [3.8, 4) is 0 Å². The third-order valence-corrected chi connectivity index (χ3v) is 4.01. The number of unbranched alkanes of at least 4 members (excludes halogenated alkanes) is 1. The lowest BCUT2D eigenvalue weighted by Gasteiger charge is -2.34. The molecule has 0 aromatic carbocycles. The van der Waals surface area contributed by atoms with Gasteiger partial charge in [-0.05, 0) is 31.0 Å². The maximum Gasteiger partial charge on any atom is 0.451 e. The standard InChI is InChI=1S/C14H30BNO4/c1-4-12(8-7-11(2)3)14(16,13(17)18)9-5-6-10-15(19)20/h11-12,19-20H,4-10,16H2,1-3H3,(H,17,18)/t12-,14?/m0/s1. The lowest BCUT2D eigenvalue weighted by Crippen LogP contribution is -2.54. The number of carboxylic acid groups (broad SMARTS) is 1. The maximum atomic E-state index is 11.6. The van der Waals surface area contributed by atoms with Gasteiger partial charge in [0.25, 0.3) is 0 Å². The molecule has 0 saturated carbocycles. The molecule has 5 nitrogen and oxygen atoms in total. The molecule has 0 amide bonds. The van der Waals surface area contributed by atoms with E-state index in [1.165, 1.54) is 0 Å². The molecule has 20 heavy (non-hydrogen) atoms. The SMILES string of the molecule is CC[C@@H](CCC(C)C)C(N)(CCCCB(O)O)C(=O)O. The quantitative estimate of drug-likeness (QED) is 0.343.